The predicted molar refractivity (Wildman–Crippen MR) is 57.0 cm³/mol. The Balaban J connectivity index is 2.59. The van der Waals surface area contributed by atoms with Crippen molar-refractivity contribution in [1.29, 1.82) is 0 Å². The van der Waals surface area contributed by atoms with E-state index in [0.717, 1.165) is 6.07 Å². The van der Waals surface area contributed by atoms with Crippen LogP contribution in [0, 0.1) is 0 Å². The molecule has 3 nitrogen and oxygen atoms in total. The highest BCUT2D eigenvalue weighted by Gasteiger charge is 2.48. The summed E-state index contributed by atoms with van der Waals surface area (Å²) in [4.78, 5) is 14.0. The van der Waals surface area contributed by atoms with Gasteiger partial charge in [0.2, 0.25) is 6.08 Å². The van der Waals surface area contributed by atoms with Gasteiger partial charge in [-0.1, -0.05) is 12.1 Å². The normalized spacial score (nSPS) is 16.9. The summed E-state index contributed by atoms with van der Waals surface area (Å²) in [6.07, 6.45) is -2.03. The van der Waals surface area contributed by atoms with Crippen molar-refractivity contribution in [3.63, 3.8) is 0 Å². The Morgan fingerprint density at radius 2 is 2.06 bits per heavy atom. The third-order valence-electron chi connectivity index (χ3n) is 3.01. The molecule has 96 valence electrons. The van der Waals surface area contributed by atoms with E-state index in [4.69, 9.17) is 4.74 Å². The zero-order chi connectivity index (χ0) is 13.4. The van der Waals surface area contributed by atoms with Gasteiger partial charge in [-0.2, -0.15) is 18.2 Å². The molecule has 0 aromatic heterocycles. The van der Waals surface area contributed by atoms with Crippen LogP contribution in [0.5, 0.6) is 5.75 Å². The fraction of sp³-hybridized carbons (Fsp3) is 0.417. The Bertz CT molecular complexity index is 515. The van der Waals surface area contributed by atoms with Gasteiger partial charge in [-0.3, -0.25) is 0 Å². The van der Waals surface area contributed by atoms with Gasteiger partial charge < -0.3 is 4.74 Å². The van der Waals surface area contributed by atoms with Crippen LogP contribution in [0.4, 0.5) is 13.2 Å². The maximum absolute atomic E-state index is 12.8. The van der Waals surface area contributed by atoms with Crippen LogP contribution < -0.4 is 4.74 Å². The van der Waals surface area contributed by atoms with Crippen LogP contribution in [0.25, 0.3) is 0 Å². The van der Waals surface area contributed by atoms with Crippen LogP contribution in [-0.2, 0) is 16.5 Å². The number of hydrogen-bond acceptors (Lipinski definition) is 3. The van der Waals surface area contributed by atoms with Gasteiger partial charge in [0.15, 0.2) is 0 Å². The molecule has 0 spiro atoms. The van der Waals surface area contributed by atoms with Gasteiger partial charge in [0, 0.05) is 5.56 Å². The number of methoxy groups -OCH3 is 1. The molecule has 0 aliphatic heterocycles. The highest BCUT2D eigenvalue weighted by atomic mass is 19.4. The number of ether oxygens (including phenoxy) is 1. The van der Waals surface area contributed by atoms with Crippen molar-refractivity contribution in [3.05, 3.63) is 29.3 Å². The molecule has 1 saturated carbocycles. The molecule has 0 heterocycles. The second kappa shape index (κ2) is 4.14. The molecule has 0 radical (unpaired) electrons. The number of isocyanates is 1. The third-order valence-corrected chi connectivity index (χ3v) is 3.01. The second-order valence-electron chi connectivity index (χ2n) is 4.12. The van der Waals surface area contributed by atoms with Crippen molar-refractivity contribution in [3.8, 4) is 5.75 Å². The minimum Gasteiger partial charge on any atom is -0.496 e. The topological polar surface area (TPSA) is 38.7 Å². The van der Waals surface area contributed by atoms with Crippen molar-refractivity contribution >= 4 is 6.08 Å². The molecule has 0 N–H and O–H groups in total. The van der Waals surface area contributed by atoms with Crippen molar-refractivity contribution in [1.82, 2.24) is 0 Å². The molecule has 1 aliphatic carbocycles. The Labute approximate surface area is 101 Å². The quantitative estimate of drug-likeness (QED) is 0.616. The number of aliphatic imine (C=N–C) groups is 1. The highest BCUT2D eigenvalue weighted by molar-refractivity contribution is 5.51. The number of rotatable bonds is 3. The molecule has 0 saturated heterocycles. The van der Waals surface area contributed by atoms with Crippen LogP contribution in [-0.4, -0.2) is 13.2 Å². The van der Waals surface area contributed by atoms with E-state index in [9.17, 15) is 18.0 Å². The summed E-state index contributed by atoms with van der Waals surface area (Å²) in [5, 5.41) is 0. The first kappa shape index (κ1) is 12.6. The van der Waals surface area contributed by atoms with Crippen LogP contribution in [0.15, 0.2) is 23.2 Å². The molecule has 2 rings (SSSR count). The van der Waals surface area contributed by atoms with E-state index >= 15 is 0 Å². The fourth-order valence-electron chi connectivity index (χ4n) is 1.99. The van der Waals surface area contributed by atoms with Crippen molar-refractivity contribution in [2.45, 2.75) is 24.6 Å². The molecule has 1 aliphatic rings. The first-order valence-electron chi connectivity index (χ1n) is 5.28. The van der Waals surface area contributed by atoms with Crippen molar-refractivity contribution in [2.24, 2.45) is 4.99 Å². The van der Waals surface area contributed by atoms with Gasteiger partial charge >= 0.3 is 6.18 Å². The van der Waals surface area contributed by atoms with Crippen molar-refractivity contribution < 1.29 is 22.7 Å². The maximum atomic E-state index is 12.8. The largest absolute Gasteiger partial charge is 0.496 e. The fourth-order valence-corrected chi connectivity index (χ4v) is 1.99. The first-order chi connectivity index (χ1) is 8.44. The minimum absolute atomic E-state index is 0.262. The van der Waals surface area contributed by atoms with E-state index in [1.165, 1.54) is 25.3 Å². The summed E-state index contributed by atoms with van der Waals surface area (Å²) in [6.45, 7) is 0. The number of nitrogens with zero attached hydrogens (tertiary/aromatic N) is 1. The number of benzene rings is 1. The molecule has 1 aromatic carbocycles. The lowest BCUT2D eigenvalue weighted by Gasteiger charge is -2.18. The van der Waals surface area contributed by atoms with E-state index in [-0.39, 0.29) is 5.75 Å². The van der Waals surface area contributed by atoms with Crippen LogP contribution in [0.2, 0.25) is 0 Å². The molecule has 0 bridgehead atoms. The van der Waals surface area contributed by atoms with Gasteiger partial charge in [0.1, 0.15) is 11.3 Å². The average Bonchev–Trinajstić information content (AvgIpc) is 3.08. The third kappa shape index (κ3) is 1.99. The average molecular weight is 257 g/mol. The lowest BCUT2D eigenvalue weighted by Crippen LogP contribution is -2.12. The number of carbonyl (C=O) groups excluding carboxylic acids is 1. The number of para-hydroxylation sites is 1. The predicted octanol–water partition coefficient (Wildman–Crippen LogP) is 3.04. The summed E-state index contributed by atoms with van der Waals surface area (Å²) < 4.78 is 43.3. The van der Waals surface area contributed by atoms with Crippen LogP contribution >= 0.6 is 0 Å². The standard InChI is InChI=1S/C12H10F3NO2/c1-18-10-8(11(5-6-11)16-7-17)3-2-4-9(10)12(13,14)15/h2-4H,5-6H2,1H3. The lowest BCUT2D eigenvalue weighted by atomic mass is 10.0. The Kier molecular flexibility index (Phi) is 2.91. The van der Waals surface area contributed by atoms with E-state index < -0.39 is 17.3 Å². The summed E-state index contributed by atoms with van der Waals surface area (Å²) >= 11 is 0. The van der Waals surface area contributed by atoms with Crippen molar-refractivity contribution in [2.75, 3.05) is 7.11 Å². The summed E-state index contributed by atoms with van der Waals surface area (Å²) in [5.74, 6) is -0.262. The Morgan fingerprint density at radius 3 is 2.50 bits per heavy atom. The number of alkyl halides is 3. The van der Waals surface area contributed by atoms with E-state index in [1.807, 2.05) is 0 Å². The number of hydrogen-bond donors (Lipinski definition) is 0. The molecule has 0 amide bonds. The molecular weight excluding hydrogens is 247 g/mol. The molecule has 6 heteroatoms. The van der Waals surface area contributed by atoms with Gasteiger partial charge in [0.05, 0.1) is 12.7 Å². The molecule has 0 unspecified atom stereocenters. The van der Waals surface area contributed by atoms with E-state index in [2.05, 4.69) is 4.99 Å². The van der Waals surface area contributed by atoms with E-state index in [0.29, 0.717) is 18.4 Å². The SMILES string of the molecule is COc1c(C(F)(F)F)cccc1C1(N=C=O)CC1. The summed E-state index contributed by atoms with van der Waals surface area (Å²) in [7, 11) is 1.18. The molecule has 18 heavy (non-hydrogen) atoms. The monoisotopic (exact) mass is 257 g/mol. The van der Waals surface area contributed by atoms with E-state index in [1.54, 1.807) is 0 Å². The second-order valence-corrected chi connectivity index (χ2v) is 4.12. The molecule has 0 atom stereocenters. The summed E-state index contributed by atoms with van der Waals surface area (Å²) in [6, 6.07) is 3.74. The maximum Gasteiger partial charge on any atom is 0.419 e. The van der Waals surface area contributed by atoms with Crippen LogP contribution in [0.3, 0.4) is 0 Å². The lowest BCUT2D eigenvalue weighted by molar-refractivity contribution is -0.138. The zero-order valence-corrected chi connectivity index (χ0v) is 9.54. The zero-order valence-electron chi connectivity index (χ0n) is 9.54. The van der Waals surface area contributed by atoms with Crippen LogP contribution in [0.1, 0.15) is 24.0 Å². The smallest absolute Gasteiger partial charge is 0.419 e. The minimum atomic E-state index is -4.50. The Hall–Kier alpha value is -1.81. The van der Waals surface area contributed by atoms with Gasteiger partial charge in [-0.05, 0) is 18.9 Å². The van der Waals surface area contributed by atoms with Gasteiger partial charge in [0.25, 0.3) is 0 Å². The van der Waals surface area contributed by atoms with Gasteiger partial charge in [-0.15, -0.1) is 0 Å². The Morgan fingerprint density at radius 1 is 1.39 bits per heavy atom. The summed E-state index contributed by atoms with van der Waals surface area (Å²) in [5.41, 5.74) is -1.44. The molecular formula is C12H10F3NO2. The molecule has 1 fully saturated rings. The van der Waals surface area contributed by atoms with Gasteiger partial charge in [-0.25, -0.2) is 4.79 Å². The molecule has 1 aromatic rings. The highest BCUT2D eigenvalue weighted by Crippen LogP contribution is 2.54. The first-order valence-corrected chi connectivity index (χ1v) is 5.28. The number of halogens is 3.